The summed E-state index contributed by atoms with van der Waals surface area (Å²) in [5, 5.41) is 2.34. The van der Waals surface area contributed by atoms with Crippen molar-refractivity contribution in [1.82, 2.24) is 0 Å². The van der Waals surface area contributed by atoms with Crippen LogP contribution in [0.15, 0.2) is 73.1 Å². The maximum absolute atomic E-state index is 12.5. The molecule has 1 saturated carbocycles. The van der Waals surface area contributed by atoms with Gasteiger partial charge in [0, 0.05) is 0 Å². The highest BCUT2D eigenvalue weighted by atomic mass is 28.3. The summed E-state index contributed by atoms with van der Waals surface area (Å²) in [7, 11) is -3.42. The summed E-state index contributed by atoms with van der Waals surface area (Å²) in [5.41, 5.74) is 4.74. The van der Waals surface area contributed by atoms with Gasteiger partial charge in [-0.2, -0.15) is 9.78 Å². The molecule has 6 nitrogen and oxygen atoms in total. The van der Waals surface area contributed by atoms with Crippen molar-refractivity contribution in [2.75, 3.05) is 0 Å². The van der Waals surface area contributed by atoms with Crippen molar-refractivity contribution < 1.29 is 29.1 Å². The Morgan fingerprint density at radius 1 is 0.806 bits per heavy atom. The molecule has 2 radical (unpaired) electrons. The Labute approximate surface area is 215 Å². The van der Waals surface area contributed by atoms with Gasteiger partial charge in [-0.1, -0.05) is 72.2 Å². The number of benzene rings is 2. The third-order valence-corrected chi connectivity index (χ3v) is 12.2. The first-order valence-corrected chi connectivity index (χ1v) is 18.2. The standard InChI is InChI=1S/C28H34O6Si2/c1-7-35(3,4)23-17-13-21(14-18-23)27(29)33-31-25-11-9-10-12-26(25)32-34-28(30)22-15-19-24(20-16-22)36(5,6)8-2/h7-8,11,13-20,25H,1-2,9-10,12H2,3-6H3. The van der Waals surface area contributed by atoms with Gasteiger partial charge in [0.15, 0.2) is 6.10 Å². The zero-order chi connectivity index (χ0) is 26.3. The van der Waals surface area contributed by atoms with Gasteiger partial charge in [-0.3, -0.25) is 9.78 Å². The first kappa shape index (κ1) is 27.8. The lowest BCUT2D eigenvalue weighted by atomic mass is 9.95. The number of carbonyl (C=O) groups is 2. The first-order valence-electron chi connectivity index (χ1n) is 12.0. The van der Waals surface area contributed by atoms with E-state index >= 15 is 0 Å². The minimum absolute atomic E-state index is 0.369. The second-order valence-electron chi connectivity index (χ2n) is 9.94. The molecular weight excluding hydrogens is 488 g/mol. The van der Waals surface area contributed by atoms with Crippen molar-refractivity contribution in [3.8, 4) is 0 Å². The Balaban J connectivity index is 1.54. The lowest BCUT2D eigenvalue weighted by Gasteiger charge is -2.26. The lowest BCUT2D eigenvalue weighted by molar-refractivity contribution is -0.311. The van der Waals surface area contributed by atoms with Crippen molar-refractivity contribution in [2.24, 2.45) is 0 Å². The van der Waals surface area contributed by atoms with Gasteiger partial charge in [0.25, 0.3) is 0 Å². The van der Waals surface area contributed by atoms with Crippen LogP contribution in [0.25, 0.3) is 0 Å². The molecule has 190 valence electrons. The maximum Gasteiger partial charge on any atom is 0.373 e. The molecule has 0 spiro atoms. The molecule has 0 amide bonds. The van der Waals surface area contributed by atoms with E-state index in [9.17, 15) is 9.59 Å². The molecule has 0 heterocycles. The number of rotatable bonds is 10. The van der Waals surface area contributed by atoms with Gasteiger partial charge in [-0.25, -0.2) is 9.59 Å². The van der Waals surface area contributed by atoms with Crippen molar-refractivity contribution in [1.29, 1.82) is 0 Å². The molecule has 0 bridgehead atoms. The first-order chi connectivity index (χ1) is 17.1. The van der Waals surface area contributed by atoms with E-state index in [-0.39, 0.29) is 0 Å². The van der Waals surface area contributed by atoms with E-state index in [1.807, 2.05) is 42.1 Å². The third-order valence-electron chi connectivity index (χ3n) is 6.53. The average molecular weight is 523 g/mol. The summed E-state index contributed by atoms with van der Waals surface area (Å²) in [5.74, 6) is -1.22. The molecule has 1 aliphatic carbocycles. The fourth-order valence-electron chi connectivity index (χ4n) is 3.59. The zero-order valence-corrected chi connectivity index (χ0v) is 23.4. The van der Waals surface area contributed by atoms with Gasteiger partial charge in [-0.05, 0) is 49.9 Å². The van der Waals surface area contributed by atoms with Gasteiger partial charge in [0.2, 0.25) is 0 Å². The van der Waals surface area contributed by atoms with Gasteiger partial charge >= 0.3 is 11.9 Å². The molecule has 0 saturated heterocycles. The Morgan fingerprint density at radius 3 is 1.75 bits per heavy atom. The van der Waals surface area contributed by atoms with E-state index in [1.54, 1.807) is 24.3 Å². The van der Waals surface area contributed by atoms with E-state index in [2.05, 4.69) is 39.3 Å². The van der Waals surface area contributed by atoms with E-state index < -0.39 is 34.2 Å². The Hall–Kier alpha value is -2.79. The number of hydrogen-bond acceptors (Lipinski definition) is 6. The molecule has 2 aromatic rings. The lowest BCUT2D eigenvalue weighted by Crippen LogP contribution is -2.39. The third kappa shape index (κ3) is 6.91. The molecule has 3 rings (SSSR count). The fraction of sp³-hybridized carbons (Fsp3) is 0.286. The summed E-state index contributed by atoms with van der Waals surface area (Å²) in [6.45, 7) is 16.5. The minimum atomic E-state index is -1.71. The highest BCUT2D eigenvalue weighted by Gasteiger charge is 2.33. The van der Waals surface area contributed by atoms with Crippen LogP contribution >= 0.6 is 0 Å². The van der Waals surface area contributed by atoms with Crippen LogP contribution in [0, 0.1) is 12.5 Å². The van der Waals surface area contributed by atoms with Gasteiger partial charge < -0.3 is 0 Å². The van der Waals surface area contributed by atoms with Crippen LogP contribution in [-0.4, -0.2) is 34.2 Å². The SMILES string of the molecule is C=C[Si](C)(C)c1ccc(C(=O)OO[C]2CCC[CH]C2OOC(=O)c2ccc([Si](C)(C)C=C)cc2)cc1. The maximum atomic E-state index is 12.5. The minimum Gasteiger partial charge on any atom is -0.292 e. The second kappa shape index (κ2) is 12.0. The van der Waals surface area contributed by atoms with Crippen LogP contribution in [0.4, 0.5) is 0 Å². The second-order valence-corrected chi connectivity index (χ2v) is 18.8. The van der Waals surface area contributed by atoms with E-state index in [0.29, 0.717) is 23.7 Å². The molecule has 0 aromatic heterocycles. The smallest absolute Gasteiger partial charge is 0.292 e. The predicted molar refractivity (Wildman–Crippen MR) is 146 cm³/mol. The van der Waals surface area contributed by atoms with Crippen LogP contribution < -0.4 is 10.4 Å². The van der Waals surface area contributed by atoms with Crippen LogP contribution in [0.5, 0.6) is 0 Å². The molecule has 8 heteroatoms. The number of carbonyl (C=O) groups excluding carboxylic acids is 2. The highest BCUT2D eigenvalue weighted by molar-refractivity contribution is 6.94. The van der Waals surface area contributed by atoms with Crippen molar-refractivity contribution in [2.45, 2.75) is 51.6 Å². The number of hydrogen-bond donors (Lipinski definition) is 0. The Kier molecular flexibility index (Phi) is 9.24. The monoisotopic (exact) mass is 522 g/mol. The molecular formula is C28H34O6Si2. The summed E-state index contributed by atoms with van der Waals surface area (Å²) in [4.78, 5) is 45.8. The zero-order valence-electron chi connectivity index (χ0n) is 21.4. The topological polar surface area (TPSA) is 71.1 Å². The van der Waals surface area contributed by atoms with Crippen molar-refractivity contribution >= 4 is 38.5 Å². The Bertz CT molecular complexity index is 989. The largest absolute Gasteiger partial charge is 0.373 e. The fourth-order valence-corrected chi connectivity index (χ4v) is 6.11. The van der Waals surface area contributed by atoms with E-state index in [4.69, 9.17) is 19.6 Å². The summed E-state index contributed by atoms with van der Waals surface area (Å²) >= 11 is 0. The van der Waals surface area contributed by atoms with Gasteiger partial charge in [0.1, 0.15) is 22.3 Å². The molecule has 2 aromatic carbocycles. The van der Waals surface area contributed by atoms with Crippen LogP contribution in [-0.2, 0) is 19.6 Å². The van der Waals surface area contributed by atoms with Crippen molar-refractivity contribution in [3.63, 3.8) is 0 Å². The molecule has 1 fully saturated rings. The molecule has 1 unspecified atom stereocenters. The molecule has 0 N–H and O–H groups in total. The van der Waals surface area contributed by atoms with Crippen LogP contribution in [0.2, 0.25) is 26.2 Å². The summed E-state index contributed by atoms with van der Waals surface area (Å²) < 4.78 is 0. The van der Waals surface area contributed by atoms with Gasteiger partial charge in [-0.15, -0.1) is 13.2 Å². The molecule has 0 aliphatic heterocycles. The van der Waals surface area contributed by atoms with Gasteiger partial charge in [0.05, 0.1) is 11.1 Å². The molecule has 36 heavy (non-hydrogen) atoms. The summed E-state index contributed by atoms with van der Waals surface area (Å²) in [6, 6.07) is 14.6. The van der Waals surface area contributed by atoms with E-state index in [0.717, 1.165) is 12.8 Å². The van der Waals surface area contributed by atoms with Crippen LogP contribution in [0.1, 0.15) is 40.0 Å². The molecule has 1 atom stereocenters. The summed E-state index contributed by atoms with van der Waals surface area (Å²) in [6.07, 6.45) is 3.53. The molecule has 1 aliphatic rings. The quantitative estimate of drug-likeness (QED) is 0.245. The predicted octanol–water partition coefficient (Wildman–Crippen LogP) is 5.13. The normalized spacial score (nSPS) is 16.7. The van der Waals surface area contributed by atoms with Crippen molar-refractivity contribution in [3.05, 3.63) is 96.7 Å². The highest BCUT2D eigenvalue weighted by Crippen LogP contribution is 2.30. The van der Waals surface area contributed by atoms with E-state index in [1.165, 1.54) is 10.4 Å². The average Bonchev–Trinajstić information content (AvgIpc) is 2.90. The van der Waals surface area contributed by atoms with Crippen LogP contribution in [0.3, 0.4) is 0 Å². The Morgan fingerprint density at radius 2 is 1.28 bits per heavy atom.